The summed E-state index contributed by atoms with van der Waals surface area (Å²) in [6.07, 6.45) is 0.597. The molecule has 2 aromatic carbocycles. The van der Waals surface area contributed by atoms with E-state index in [2.05, 4.69) is 10.6 Å². The van der Waals surface area contributed by atoms with Crippen molar-refractivity contribution in [3.63, 3.8) is 0 Å². The van der Waals surface area contributed by atoms with Crippen molar-refractivity contribution in [2.24, 2.45) is 5.41 Å². The predicted molar refractivity (Wildman–Crippen MR) is 96.7 cm³/mol. The molecule has 134 valence electrons. The maximum absolute atomic E-state index is 13.6. The van der Waals surface area contributed by atoms with Crippen molar-refractivity contribution in [1.82, 2.24) is 10.6 Å². The van der Waals surface area contributed by atoms with Crippen LogP contribution in [0.1, 0.15) is 37.4 Å². The van der Waals surface area contributed by atoms with Crippen molar-refractivity contribution >= 4 is 6.03 Å². The van der Waals surface area contributed by atoms with Gasteiger partial charge in [0, 0.05) is 13.2 Å². The first-order valence-corrected chi connectivity index (χ1v) is 8.37. The predicted octanol–water partition coefficient (Wildman–Crippen LogP) is 3.62. The summed E-state index contributed by atoms with van der Waals surface area (Å²) in [5.41, 5.74) is 1.35. The Bertz CT molecular complexity index is 689. The van der Waals surface area contributed by atoms with Crippen LogP contribution in [0, 0.1) is 11.2 Å². The van der Waals surface area contributed by atoms with Crippen LogP contribution in [0.4, 0.5) is 9.18 Å². The number of urea groups is 1. The van der Waals surface area contributed by atoms with Gasteiger partial charge < -0.3 is 15.7 Å². The second-order valence-electron chi connectivity index (χ2n) is 6.86. The summed E-state index contributed by atoms with van der Waals surface area (Å²) in [7, 11) is 0. The second-order valence-corrected chi connectivity index (χ2v) is 6.86. The highest BCUT2D eigenvalue weighted by atomic mass is 19.1. The van der Waals surface area contributed by atoms with Crippen LogP contribution in [0.5, 0.6) is 0 Å². The summed E-state index contributed by atoms with van der Waals surface area (Å²) >= 11 is 0. The van der Waals surface area contributed by atoms with E-state index in [0.717, 1.165) is 5.56 Å². The smallest absolute Gasteiger partial charge is 0.315 e. The Hall–Kier alpha value is -2.40. The fourth-order valence-electron chi connectivity index (χ4n) is 2.58. The maximum Gasteiger partial charge on any atom is 0.315 e. The molecular formula is C20H25FN2O2. The molecule has 0 fully saturated rings. The average Bonchev–Trinajstić information content (AvgIpc) is 2.59. The summed E-state index contributed by atoms with van der Waals surface area (Å²) in [4.78, 5) is 12.4. The summed E-state index contributed by atoms with van der Waals surface area (Å²) in [5.74, 6) is -0.343. The third-order valence-electron chi connectivity index (χ3n) is 4.11. The van der Waals surface area contributed by atoms with Crippen LogP contribution < -0.4 is 10.6 Å². The Morgan fingerprint density at radius 3 is 2.44 bits per heavy atom. The molecule has 25 heavy (non-hydrogen) atoms. The molecule has 1 atom stereocenters. The molecule has 0 radical (unpaired) electrons. The lowest BCUT2D eigenvalue weighted by Crippen LogP contribution is -2.42. The van der Waals surface area contributed by atoms with Gasteiger partial charge in [0.05, 0.1) is 6.04 Å². The summed E-state index contributed by atoms with van der Waals surface area (Å²) in [6, 6.07) is 14.9. The summed E-state index contributed by atoms with van der Waals surface area (Å²) in [6.45, 7) is 4.46. The molecule has 0 aliphatic heterocycles. The van der Waals surface area contributed by atoms with Gasteiger partial charge in [-0.3, -0.25) is 0 Å². The maximum atomic E-state index is 13.6. The van der Waals surface area contributed by atoms with E-state index in [9.17, 15) is 9.18 Å². The van der Waals surface area contributed by atoms with Gasteiger partial charge in [0.25, 0.3) is 0 Å². The first-order chi connectivity index (χ1) is 11.9. The normalized spacial score (nSPS) is 12.5. The minimum atomic E-state index is -0.446. The third kappa shape index (κ3) is 5.87. The van der Waals surface area contributed by atoms with E-state index in [-0.39, 0.29) is 23.9 Å². The Morgan fingerprint density at radius 1 is 1.12 bits per heavy atom. The van der Waals surface area contributed by atoms with E-state index in [1.165, 1.54) is 12.1 Å². The van der Waals surface area contributed by atoms with Crippen LogP contribution >= 0.6 is 0 Å². The molecule has 0 heterocycles. The van der Waals surface area contributed by atoms with E-state index in [1.54, 1.807) is 12.1 Å². The van der Waals surface area contributed by atoms with Gasteiger partial charge in [-0.2, -0.15) is 0 Å². The fourth-order valence-corrected chi connectivity index (χ4v) is 2.58. The highest BCUT2D eigenvalue weighted by Gasteiger charge is 2.21. The lowest BCUT2D eigenvalue weighted by Gasteiger charge is -2.25. The van der Waals surface area contributed by atoms with Crippen LogP contribution in [0.15, 0.2) is 54.6 Å². The molecule has 0 aliphatic rings. The van der Waals surface area contributed by atoms with Crippen molar-refractivity contribution in [1.29, 1.82) is 0 Å². The summed E-state index contributed by atoms with van der Waals surface area (Å²) in [5, 5.41) is 14.8. The minimum Gasteiger partial charge on any atom is -0.396 e. The van der Waals surface area contributed by atoms with Gasteiger partial charge >= 0.3 is 6.03 Å². The molecule has 0 saturated heterocycles. The van der Waals surface area contributed by atoms with Gasteiger partial charge in [-0.25, -0.2) is 9.18 Å². The van der Waals surface area contributed by atoms with Gasteiger partial charge in [-0.15, -0.1) is 0 Å². The highest BCUT2D eigenvalue weighted by molar-refractivity contribution is 5.75. The van der Waals surface area contributed by atoms with Gasteiger partial charge in [-0.1, -0.05) is 56.3 Å². The number of amides is 2. The van der Waals surface area contributed by atoms with Crippen molar-refractivity contribution in [3.05, 3.63) is 71.5 Å². The van der Waals surface area contributed by atoms with Gasteiger partial charge in [-0.05, 0) is 35.1 Å². The van der Waals surface area contributed by atoms with Gasteiger partial charge in [0.2, 0.25) is 0 Å². The van der Waals surface area contributed by atoms with E-state index in [0.29, 0.717) is 18.5 Å². The molecule has 2 amide bonds. The number of aliphatic hydroxyl groups is 1. The van der Waals surface area contributed by atoms with Crippen LogP contribution in [0.25, 0.3) is 0 Å². The average molecular weight is 344 g/mol. The molecule has 2 rings (SSSR count). The van der Waals surface area contributed by atoms with Gasteiger partial charge in [0.1, 0.15) is 5.82 Å². The fraction of sp³-hybridized carbons (Fsp3) is 0.350. The lowest BCUT2D eigenvalue weighted by molar-refractivity contribution is 0.200. The van der Waals surface area contributed by atoms with Crippen molar-refractivity contribution < 1.29 is 14.3 Å². The highest BCUT2D eigenvalue weighted by Crippen LogP contribution is 2.23. The van der Waals surface area contributed by atoms with E-state index < -0.39 is 6.04 Å². The Morgan fingerprint density at radius 2 is 1.80 bits per heavy atom. The zero-order chi connectivity index (χ0) is 18.3. The molecule has 0 aliphatic carbocycles. The summed E-state index contributed by atoms with van der Waals surface area (Å²) < 4.78 is 13.6. The Labute approximate surface area is 148 Å². The molecule has 0 spiro atoms. The number of aliphatic hydroxyl groups excluding tert-OH is 1. The van der Waals surface area contributed by atoms with Crippen molar-refractivity contribution in [2.75, 3.05) is 13.2 Å². The van der Waals surface area contributed by atoms with Crippen molar-refractivity contribution in [2.45, 2.75) is 26.3 Å². The lowest BCUT2D eigenvalue weighted by atomic mass is 9.90. The van der Waals surface area contributed by atoms with Crippen LogP contribution in [0.3, 0.4) is 0 Å². The number of benzene rings is 2. The third-order valence-corrected chi connectivity index (χ3v) is 4.11. The van der Waals surface area contributed by atoms with Crippen molar-refractivity contribution in [3.8, 4) is 0 Å². The Balaban J connectivity index is 2.13. The number of nitrogens with one attached hydrogen (secondary N) is 2. The van der Waals surface area contributed by atoms with Crippen LogP contribution in [-0.2, 0) is 0 Å². The standard InChI is InChI=1S/C20H25FN2O2/c1-20(2,11-12-24)14-22-19(25)23-18(15-7-4-3-5-8-15)16-9-6-10-17(21)13-16/h3-10,13,18,24H,11-12,14H2,1-2H3,(H2,22,23,25). The van der Waals surface area contributed by atoms with Crippen LogP contribution in [-0.4, -0.2) is 24.3 Å². The first-order valence-electron chi connectivity index (χ1n) is 8.37. The van der Waals surface area contributed by atoms with Crippen LogP contribution in [0.2, 0.25) is 0 Å². The van der Waals surface area contributed by atoms with E-state index in [4.69, 9.17) is 5.11 Å². The molecule has 0 aromatic heterocycles. The van der Waals surface area contributed by atoms with E-state index in [1.807, 2.05) is 44.2 Å². The number of carbonyl (C=O) groups is 1. The molecule has 5 heteroatoms. The molecule has 1 unspecified atom stereocenters. The molecule has 0 saturated carbocycles. The van der Waals surface area contributed by atoms with Gasteiger partial charge in [0.15, 0.2) is 0 Å². The van der Waals surface area contributed by atoms with E-state index >= 15 is 0 Å². The first kappa shape index (κ1) is 18.9. The molecular weight excluding hydrogens is 319 g/mol. The number of rotatable bonds is 7. The number of hydrogen-bond donors (Lipinski definition) is 3. The second kappa shape index (κ2) is 8.62. The zero-order valence-electron chi connectivity index (χ0n) is 14.6. The number of carbonyl (C=O) groups excluding carboxylic acids is 1. The number of halogens is 1. The quantitative estimate of drug-likeness (QED) is 0.718. The molecule has 0 bridgehead atoms. The topological polar surface area (TPSA) is 61.4 Å². The zero-order valence-corrected chi connectivity index (χ0v) is 14.6. The minimum absolute atomic E-state index is 0.0756. The molecule has 2 aromatic rings. The monoisotopic (exact) mass is 344 g/mol. The molecule has 3 N–H and O–H groups in total. The SMILES string of the molecule is CC(C)(CCO)CNC(=O)NC(c1ccccc1)c1cccc(F)c1. The largest absolute Gasteiger partial charge is 0.396 e. The Kier molecular flexibility index (Phi) is 6.53. The number of hydrogen-bond acceptors (Lipinski definition) is 2. The molecule has 4 nitrogen and oxygen atoms in total.